The maximum Gasteiger partial charge on any atom is 0.336 e. The van der Waals surface area contributed by atoms with Gasteiger partial charge in [0.15, 0.2) is 0 Å². The fraction of sp³-hybridized carbons (Fsp3) is 0.185. The summed E-state index contributed by atoms with van der Waals surface area (Å²) in [5.74, 6) is -1.25. The van der Waals surface area contributed by atoms with Gasteiger partial charge in [-0.3, -0.25) is 4.72 Å². The predicted octanol–water partition coefficient (Wildman–Crippen LogP) is 5.77. The molecule has 0 aliphatic carbocycles. The molecule has 40 heavy (non-hydrogen) atoms. The van der Waals surface area contributed by atoms with Gasteiger partial charge in [-0.05, 0) is 61.0 Å². The van der Waals surface area contributed by atoms with Crippen LogP contribution < -0.4 is 14.5 Å². The predicted molar refractivity (Wildman–Crippen MR) is 163 cm³/mol. The average molecular weight is 630 g/mol. The number of para-hydroxylation sites is 1. The Morgan fingerprint density at radius 3 is 2.20 bits per heavy atom. The van der Waals surface area contributed by atoms with Gasteiger partial charge in [0.05, 0.1) is 16.0 Å². The second-order valence-electron chi connectivity index (χ2n) is 8.89. The van der Waals surface area contributed by atoms with Crippen molar-refractivity contribution in [3.63, 3.8) is 0 Å². The number of nitrogens with one attached hydrogen (secondary N) is 1. The Morgan fingerprint density at radius 1 is 0.900 bits per heavy atom. The highest BCUT2D eigenvalue weighted by molar-refractivity contribution is 7.92. The summed E-state index contributed by atoms with van der Waals surface area (Å²) in [5, 5.41) is 10.2. The van der Waals surface area contributed by atoms with Crippen molar-refractivity contribution in [2.45, 2.75) is 11.8 Å². The smallest absolute Gasteiger partial charge is 0.336 e. The summed E-state index contributed by atoms with van der Waals surface area (Å²) in [6, 6.07) is 19.7. The van der Waals surface area contributed by atoms with E-state index >= 15 is 0 Å². The SMILES string of the molecule is Cc1ccc(F)cc1S(=O)(=O)Nc1ccc2nc(N3CCN(c4ccccc4)CC3)cc(C(=O)O)c2c1.Cl.Cl.Cl. The number of sulfonamides is 1. The number of anilines is 3. The zero-order valence-electron chi connectivity index (χ0n) is 21.3. The van der Waals surface area contributed by atoms with Gasteiger partial charge in [0.25, 0.3) is 10.0 Å². The van der Waals surface area contributed by atoms with Gasteiger partial charge in [0, 0.05) is 42.9 Å². The summed E-state index contributed by atoms with van der Waals surface area (Å²) >= 11 is 0. The van der Waals surface area contributed by atoms with E-state index in [1.807, 2.05) is 18.2 Å². The number of carboxylic acids is 1. The summed E-state index contributed by atoms with van der Waals surface area (Å²) in [4.78, 5) is 21.0. The molecule has 4 aromatic rings. The number of pyridine rings is 1. The monoisotopic (exact) mass is 628 g/mol. The minimum absolute atomic E-state index is 0. The fourth-order valence-corrected chi connectivity index (χ4v) is 5.83. The molecule has 0 unspecified atom stereocenters. The Bertz CT molecular complexity index is 1600. The lowest BCUT2D eigenvalue weighted by molar-refractivity contribution is 0.0699. The molecular formula is C27H28Cl3FN4O4S. The van der Waals surface area contributed by atoms with Crippen LogP contribution >= 0.6 is 37.2 Å². The third-order valence-corrected chi connectivity index (χ3v) is 7.97. The molecule has 0 amide bonds. The molecule has 0 radical (unpaired) electrons. The summed E-state index contributed by atoms with van der Waals surface area (Å²) < 4.78 is 41.9. The van der Waals surface area contributed by atoms with Crippen LogP contribution in [0.3, 0.4) is 0 Å². The molecule has 1 fully saturated rings. The first-order valence-corrected chi connectivity index (χ1v) is 13.2. The van der Waals surface area contributed by atoms with Crippen LogP contribution in [0.25, 0.3) is 10.9 Å². The lowest BCUT2D eigenvalue weighted by atomic mass is 10.1. The number of aromatic carboxylic acids is 1. The van der Waals surface area contributed by atoms with Crippen molar-refractivity contribution in [1.29, 1.82) is 0 Å². The van der Waals surface area contributed by atoms with Crippen LogP contribution in [0.15, 0.2) is 77.7 Å². The van der Waals surface area contributed by atoms with Gasteiger partial charge < -0.3 is 14.9 Å². The van der Waals surface area contributed by atoms with Gasteiger partial charge in [-0.1, -0.05) is 24.3 Å². The van der Waals surface area contributed by atoms with E-state index in [4.69, 9.17) is 0 Å². The van der Waals surface area contributed by atoms with E-state index in [0.717, 1.165) is 24.8 Å². The molecule has 13 heteroatoms. The lowest BCUT2D eigenvalue weighted by Gasteiger charge is -2.37. The highest BCUT2D eigenvalue weighted by Crippen LogP contribution is 2.29. The number of aryl methyl sites for hydroxylation is 1. The summed E-state index contributed by atoms with van der Waals surface area (Å²) in [7, 11) is -4.09. The minimum Gasteiger partial charge on any atom is -0.478 e. The summed E-state index contributed by atoms with van der Waals surface area (Å²) in [5.41, 5.74) is 2.14. The van der Waals surface area contributed by atoms with Crippen LogP contribution in [0, 0.1) is 12.7 Å². The van der Waals surface area contributed by atoms with Crippen molar-refractivity contribution in [2.75, 3.05) is 40.7 Å². The van der Waals surface area contributed by atoms with Crippen molar-refractivity contribution in [2.24, 2.45) is 0 Å². The third-order valence-electron chi connectivity index (χ3n) is 6.44. The van der Waals surface area contributed by atoms with Gasteiger partial charge in [0.2, 0.25) is 0 Å². The fourth-order valence-electron chi connectivity index (χ4n) is 4.52. The second-order valence-corrected chi connectivity index (χ2v) is 10.5. The molecule has 1 aromatic heterocycles. The Labute approximate surface area is 250 Å². The number of piperazine rings is 1. The van der Waals surface area contributed by atoms with Gasteiger partial charge >= 0.3 is 5.97 Å². The molecule has 1 aliphatic heterocycles. The molecule has 1 saturated heterocycles. The molecule has 0 saturated carbocycles. The first kappa shape index (κ1) is 32.9. The molecule has 1 aliphatic rings. The number of nitrogens with zero attached hydrogens (tertiary/aromatic N) is 3. The number of aromatic nitrogens is 1. The summed E-state index contributed by atoms with van der Waals surface area (Å²) in [6.45, 7) is 4.47. The van der Waals surface area contributed by atoms with Gasteiger partial charge in [-0.2, -0.15) is 0 Å². The number of fused-ring (bicyclic) bond motifs is 1. The summed E-state index contributed by atoms with van der Waals surface area (Å²) in [6.07, 6.45) is 0. The van der Waals surface area contributed by atoms with E-state index in [1.165, 1.54) is 30.3 Å². The molecule has 3 aromatic carbocycles. The van der Waals surface area contributed by atoms with Gasteiger partial charge in [0.1, 0.15) is 11.6 Å². The molecule has 0 spiro atoms. The first-order chi connectivity index (χ1) is 17.7. The Kier molecular flexibility index (Phi) is 11.0. The number of hydrogen-bond acceptors (Lipinski definition) is 6. The van der Waals surface area contributed by atoms with Crippen LogP contribution in [-0.4, -0.2) is 50.7 Å². The molecule has 5 rings (SSSR count). The maximum atomic E-state index is 13.7. The Balaban J connectivity index is 0.00000187. The molecule has 0 atom stereocenters. The quantitative estimate of drug-likeness (QED) is 0.279. The number of hydrogen-bond donors (Lipinski definition) is 2. The number of halogens is 4. The van der Waals surface area contributed by atoms with Crippen molar-refractivity contribution >= 4 is 81.3 Å². The highest BCUT2D eigenvalue weighted by atomic mass is 35.5. The van der Waals surface area contributed by atoms with Crippen LogP contribution in [0.1, 0.15) is 15.9 Å². The zero-order chi connectivity index (χ0) is 26.2. The molecular weight excluding hydrogens is 602 g/mol. The van der Waals surface area contributed by atoms with E-state index < -0.39 is 21.8 Å². The molecule has 2 heterocycles. The van der Waals surface area contributed by atoms with Crippen LogP contribution in [0.5, 0.6) is 0 Å². The molecule has 0 bridgehead atoms. The standard InChI is InChI=1S/C27H25FN4O4S.3ClH/c1-18-7-8-19(28)15-25(18)37(35,36)30-20-9-10-24-22(16-20)23(27(33)34)17-26(29-24)32-13-11-31(12-14-32)21-5-3-2-4-6-21;;;/h2-10,15-17,30H,11-14H2,1H3,(H,33,34);3*1H. The van der Waals surface area contributed by atoms with Gasteiger partial charge in [-0.15, -0.1) is 37.2 Å². The molecule has 2 N–H and O–H groups in total. The van der Waals surface area contributed by atoms with Crippen molar-refractivity contribution in [3.05, 3.63) is 89.7 Å². The van der Waals surface area contributed by atoms with Crippen LogP contribution in [0.4, 0.5) is 21.6 Å². The van der Waals surface area contributed by atoms with Gasteiger partial charge in [-0.25, -0.2) is 22.6 Å². The number of benzene rings is 3. The van der Waals surface area contributed by atoms with E-state index in [9.17, 15) is 22.7 Å². The Hall–Kier alpha value is -3.31. The lowest BCUT2D eigenvalue weighted by Crippen LogP contribution is -2.46. The molecule has 8 nitrogen and oxygen atoms in total. The average Bonchev–Trinajstić information content (AvgIpc) is 2.89. The topological polar surface area (TPSA) is 103 Å². The maximum absolute atomic E-state index is 13.7. The number of rotatable bonds is 6. The van der Waals surface area contributed by atoms with Crippen molar-refractivity contribution < 1.29 is 22.7 Å². The van der Waals surface area contributed by atoms with Crippen molar-refractivity contribution in [1.82, 2.24) is 4.98 Å². The largest absolute Gasteiger partial charge is 0.478 e. The number of carboxylic acid groups (broad SMARTS) is 1. The third kappa shape index (κ3) is 6.87. The van der Waals surface area contributed by atoms with E-state index in [2.05, 4.69) is 31.6 Å². The zero-order valence-corrected chi connectivity index (χ0v) is 24.5. The van der Waals surface area contributed by atoms with Crippen molar-refractivity contribution in [3.8, 4) is 0 Å². The highest BCUT2D eigenvalue weighted by Gasteiger charge is 2.22. The van der Waals surface area contributed by atoms with E-state index in [-0.39, 0.29) is 53.4 Å². The second kappa shape index (κ2) is 13.4. The number of carbonyl (C=O) groups is 1. The van der Waals surface area contributed by atoms with Crippen LogP contribution in [0.2, 0.25) is 0 Å². The minimum atomic E-state index is -4.09. The first-order valence-electron chi connectivity index (χ1n) is 11.7. The van der Waals surface area contributed by atoms with E-state index in [0.29, 0.717) is 35.4 Å². The Morgan fingerprint density at radius 2 is 1.55 bits per heavy atom. The van der Waals surface area contributed by atoms with E-state index in [1.54, 1.807) is 13.0 Å². The molecule has 214 valence electrons. The van der Waals surface area contributed by atoms with Crippen LogP contribution in [-0.2, 0) is 10.0 Å². The normalized spacial score (nSPS) is 13.1.